The molecule has 0 aromatic rings. The summed E-state index contributed by atoms with van der Waals surface area (Å²) in [6.45, 7) is 4.20. The van der Waals surface area contributed by atoms with Crippen LogP contribution in [0.4, 0.5) is 0 Å². The van der Waals surface area contributed by atoms with Crippen molar-refractivity contribution in [2.45, 2.75) is 290 Å². The van der Waals surface area contributed by atoms with Crippen LogP contribution in [-0.4, -0.2) is 74.9 Å². The summed E-state index contributed by atoms with van der Waals surface area (Å²) in [5.74, 6) is -0.941. The third-order valence-corrected chi connectivity index (χ3v) is 15.1. The number of phosphoric ester groups is 1. The van der Waals surface area contributed by atoms with Gasteiger partial charge in [0.25, 0.3) is 0 Å². The number of likely N-dealkylation sites (N-methyl/N-ethyl adjacent to an activating group) is 1. The van der Waals surface area contributed by atoms with E-state index in [1.807, 2.05) is 33.3 Å². The van der Waals surface area contributed by atoms with Gasteiger partial charge in [-0.05, 0) is 77.0 Å². The van der Waals surface area contributed by atoms with Crippen molar-refractivity contribution in [1.29, 1.82) is 0 Å². The highest BCUT2D eigenvalue weighted by molar-refractivity contribution is 7.47. The van der Waals surface area contributed by atoms with E-state index >= 15 is 0 Å². The molecule has 9 nitrogen and oxygen atoms in total. The Bertz CT molecular complexity index is 1670. The Morgan fingerprint density at radius 3 is 1.12 bits per heavy atom. The van der Waals surface area contributed by atoms with Crippen molar-refractivity contribution < 1.29 is 42.1 Å². The second kappa shape index (κ2) is 60.5. The molecule has 0 aliphatic carbocycles. The molecule has 0 aromatic heterocycles. The van der Waals surface area contributed by atoms with E-state index in [4.69, 9.17) is 18.5 Å². The van der Waals surface area contributed by atoms with Gasteiger partial charge in [-0.15, -0.1) is 0 Å². The van der Waals surface area contributed by atoms with Crippen LogP contribution >= 0.6 is 7.82 Å². The summed E-state index contributed by atoms with van der Waals surface area (Å²) in [4.78, 5) is 35.6. The number of ether oxygens (including phenoxy) is 2. The zero-order chi connectivity index (χ0) is 58.4. The standard InChI is InChI=1S/C70H124NO8P/c1-6-8-10-12-14-16-18-20-22-23-24-25-26-27-28-29-30-31-32-33-34-35-36-37-38-39-40-41-42-43-44-45-46-47-49-50-52-54-56-58-60-62-69(72)76-66-68(67-78-80(74,75)77-65-64-71(3,4)5)79-70(73)63-61-59-57-55-53-51-48-21-19-17-15-13-11-9-7-2/h9,11,15,17-18,20-21,23-24,26-27,48,53,55,59,61,68H,6-8,10,12-14,16,19,22,25,28-47,49-52,54,56-58,60,62-67H2,1-5H3/p+1/b11-9-,17-15-,20-18-,24-23-,27-26-,48-21-,55-53-,61-59-. The number of hydrogen-bond acceptors (Lipinski definition) is 7. The molecular formula is C70H125NO8P+. The highest BCUT2D eigenvalue weighted by Gasteiger charge is 2.27. The lowest BCUT2D eigenvalue weighted by Gasteiger charge is -2.24. The van der Waals surface area contributed by atoms with E-state index < -0.39 is 26.5 Å². The van der Waals surface area contributed by atoms with Crippen LogP contribution in [0.5, 0.6) is 0 Å². The van der Waals surface area contributed by atoms with Crippen LogP contribution in [0.2, 0.25) is 0 Å². The van der Waals surface area contributed by atoms with Crippen molar-refractivity contribution >= 4 is 19.8 Å². The molecule has 0 radical (unpaired) electrons. The predicted molar refractivity (Wildman–Crippen MR) is 344 cm³/mol. The summed E-state index contributed by atoms with van der Waals surface area (Å²) in [7, 11) is 1.42. The quantitative estimate of drug-likeness (QED) is 0.0211. The Morgan fingerprint density at radius 1 is 0.412 bits per heavy atom. The van der Waals surface area contributed by atoms with Crippen molar-refractivity contribution in [1.82, 2.24) is 0 Å². The molecule has 0 saturated carbocycles. The highest BCUT2D eigenvalue weighted by Crippen LogP contribution is 2.43. The van der Waals surface area contributed by atoms with Crippen LogP contribution < -0.4 is 0 Å². The number of rotatable bonds is 60. The van der Waals surface area contributed by atoms with Crippen molar-refractivity contribution in [2.75, 3.05) is 47.5 Å². The lowest BCUT2D eigenvalue weighted by Crippen LogP contribution is -2.37. The summed E-state index contributed by atoms with van der Waals surface area (Å²) < 4.78 is 34.4. The Balaban J connectivity index is 3.91. The van der Waals surface area contributed by atoms with Gasteiger partial charge in [0.1, 0.15) is 19.8 Å². The van der Waals surface area contributed by atoms with Gasteiger partial charge in [0.05, 0.1) is 34.2 Å². The lowest BCUT2D eigenvalue weighted by atomic mass is 10.0. The first-order valence-electron chi connectivity index (χ1n) is 33.0. The van der Waals surface area contributed by atoms with Crippen molar-refractivity contribution in [3.05, 3.63) is 97.2 Å². The van der Waals surface area contributed by atoms with Gasteiger partial charge in [-0.2, -0.15) is 0 Å². The number of quaternary nitrogens is 1. The first-order valence-corrected chi connectivity index (χ1v) is 34.5. The zero-order valence-corrected chi connectivity index (χ0v) is 53.4. The molecule has 0 saturated heterocycles. The lowest BCUT2D eigenvalue weighted by molar-refractivity contribution is -0.870. The minimum Gasteiger partial charge on any atom is -0.462 e. The first kappa shape index (κ1) is 76.9. The van der Waals surface area contributed by atoms with Gasteiger partial charge in [-0.25, -0.2) is 4.57 Å². The Kier molecular flexibility index (Phi) is 58.2. The molecule has 462 valence electrons. The number of carbonyl (C=O) groups excluding carboxylic acids is 2. The number of unbranched alkanes of at least 4 members (excludes halogenated alkanes) is 31. The van der Waals surface area contributed by atoms with E-state index in [1.165, 1.54) is 193 Å². The number of phosphoric acid groups is 1. The maximum atomic E-state index is 12.7. The first-order chi connectivity index (χ1) is 39.0. The maximum absolute atomic E-state index is 12.7. The molecule has 0 aromatic carbocycles. The predicted octanol–water partition coefficient (Wildman–Crippen LogP) is 21.2. The maximum Gasteiger partial charge on any atom is 0.472 e. The largest absolute Gasteiger partial charge is 0.472 e. The highest BCUT2D eigenvalue weighted by atomic mass is 31.2. The van der Waals surface area contributed by atoms with Gasteiger partial charge in [0.15, 0.2) is 6.10 Å². The van der Waals surface area contributed by atoms with Crippen LogP contribution in [0.25, 0.3) is 0 Å². The number of carbonyl (C=O) groups is 2. The fraction of sp³-hybridized carbons (Fsp3) is 0.743. The fourth-order valence-electron chi connectivity index (χ4n) is 9.10. The molecule has 1 N–H and O–H groups in total. The van der Waals surface area contributed by atoms with Crippen LogP contribution in [0, 0.1) is 0 Å². The summed E-state index contributed by atoms with van der Waals surface area (Å²) in [6.07, 6.45) is 84.3. The van der Waals surface area contributed by atoms with E-state index in [-0.39, 0.29) is 32.0 Å². The van der Waals surface area contributed by atoms with E-state index in [0.29, 0.717) is 17.4 Å². The molecule has 0 spiro atoms. The second-order valence-corrected chi connectivity index (χ2v) is 24.6. The molecule has 10 heteroatoms. The molecular weight excluding hydrogens is 1010 g/mol. The molecule has 0 aliphatic rings. The number of allylic oxidation sites excluding steroid dienone is 15. The van der Waals surface area contributed by atoms with Crippen LogP contribution in [0.3, 0.4) is 0 Å². The minimum atomic E-state index is -4.41. The van der Waals surface area contributed by atoms with E-state index in [2.05, 4.69) is 92.8 Å². The summed E-state index contributed by atoms with van der Waals surface area (Å²) in [5, 5.41) is 0. The summed E-state index contributed by atoms with van der Waals surface area (Å²) >= 11 is 0. The smallest absolute Gasteiger partial charge is 0.462 e. The molecule has 0 amide bonds. The average Bonchev–Trinajstić information content (AvgIpc) is 3.42. The monoisotopic (exact) mass is 1140 g/mol. The van der Waals surface area contributed by atoms with E-state index in [0.717, 1.165) is 57.8 Å². The molecule has 0 bridgehead atoms. The van der Waals surface area contributed by atoms with E-state index in [9.17, 15) is 19.0 Å². The summed E-state index contributed by atoms with van der Waals surface area (Å²) in [6, 6.07) is 0. The molecule has 2 atom stereocenters. The third-order valence-electron chi connectivity index (χ3n) is 14.1. The molecule has 0 heterocycles. The number of nitrogens with zero attached hydrogens (tertiary/aromatic N) is 1. The number of hydrogen-bond donors (Lipinski definition) is 1. The molecule has 80 heavy (non-hydrogen) atoms. The average molecular weight is 1140 g/mol. The second-order valence-electron chi connectivity index (χ2n) is 23.1. The van der Waals surface area contributed by atoms with Crippen molar-refractivity contribution in [3.63, 3.8) is 0 Å². The van der Waals surface area contributed by atoms with Gasteiger partial charge in [0.2, 0.25) is 0 Å². The summed E-state index contributed by atoms with van der Waals surface area (Å²) in [5.41, 5.74) is 0. The fourth-order valence-corrected chi connectivity index (χ4v) is 9.84. The van der Waals surface area contributed by atoms with Gasteiger partial charge in [0, 0.05) is 6.42 Å². The topological polar surface area (TPSA) is 108 Å². The van der Waals surface area contributed by atoms with Crippen molar-refractivity contribution in [3.8, 4) is 0 Å². The van der Waals surface area contributed by atoms with Gasteiger partial charge < -0.3 is 18.9 Å². The van der Waals surface area contributed by atoms with Crippen LogP contribution in [0.1, 0.15) is 284 Å². The normalized spacial score (nSPS) is 13.8. The van der Waals surface area contributed by atoms with Crippen LogP contribution in [0.15, 0.2) is 97.2 Å². The van der Waals surface area contributed by atoms with Crippen LogP contribution in [-0.2, 0) is 32.7 Å². The third kappa shape index (κ3) is 64.1. The van der Waals surface area contributed by atoms with Crippen molar-refractivity contribution in [2.24, 2.45) is 0 Å². The number of esters is 2. The van der Waals surface area contributed by atoms with Gasteiger partial charge >= 0.3 is 19.8 Å². The van der Waals surface area contributed by atoms with Gasteiger partial charge in [-0.3, -0.25) is 18.6 Å². The molecule has 0 rings (SSSR count). The minimum absolute atomic E-state index is 0.00654. The Morgan fingerprint density at radius 2 is 0.750 bits per heavy atom. The molecule has 2 unspecified atom stereocenters. The Labute approximate surface area is 493 Å². The Hall–Kier alpha value is -3.07. The molecule has 0 fully saturated rings. The molecule has 0 aliphatic heterocycles. The van der Waals surface area contributed by atoms with Gasteiger partial charge in [-0.1, -0.05) is 291 Å². The zero-order valence-electron chi connectivity index (χ0n) is 52.5. The van der Waals surface area contributed by atoms with E-state index in [1.54, 1.807) is 6.08 Å². The SMILES string of the molecule is CC/C=C\C/C=C\C/C=C\C/C=C\C/C=C\CC(=O)OC(COC(=O)CCCCCCCCCCCCCCCCCCCCCCCCCCCC/C=C\C/C=C\C/C=C\CCCCCCC)COP(=O)(O)OCC[N+](C)(C)C.